The SMILES string of the molecule is COc1ccc(S(=O)(=O)N2CCOC(C3CC3)C2)cc1-c1cccc(N)c1. The van der Waals surface area contributed by atoms with Gasteiger partial charge in [0, 0.05) is 24.3 Å². The van der Waals surface area contributed by atoms with Crippen molar-refractivity contribution >= 4 is 15.7 Å². The van der Waals surface area contributed by atoms with Gasteiger partial charge in [-0.15, -0.1) is 0 Å². The van der Waals surface area contributed by atoms with Gasteiger partial charge < -0.3 is 15.2 Å². The highest BCUT2D eigenvalue weighted by Crippen LogP contribution is 2.37. The Labute approximate surface area is 159 Å². The third-order valence-corrected chi connectivity index (χ3v) is 7.07. The lowest BCUT2D eigenvalue weighted by Crippen LogP contribution is -2.46. The zero-order valence-corrected chi connectivity index (χ0v) is 16.1. The molecule has 2 aliphatic rings. The minimum atomic E-state index is -3.60. The first kappa shape index (κ1) is 18.3. The van der Waals surface area contributed by atoms with E-state index in [0.717, 1.165) is 18.4 Å². The van der Waals surface area contributed by atoms with Gasteiger partial charge in [-0.2, -0.15) is 4.31 Å². The van der Waals surface area contributed by atoms with E-state index in [9.17, 15) is 8.42 Å². The number of ether oxygens (including phenoxy) is 2. The number of nitrogens with two attached hydrogens (primary N) is 1. The highest BCUT2D eigenvalue weighted by Gasteiger charge is 2.39. The summed E-state index contributed by atoms with van der Waals surface area (Å²) in [7, 11) is -2.03. The van der Waals surface area contributed by atoms with Crippen molar-refractivity contribution in [3.8, 4) is 16.9 Å². The van der Waals surface area contributed by atoms with Crippen LogP contribution in [0.4, 0.5) is 5.69 Å². The van der Waals surface area contributed by atoms with Crippen molar-refractivity contribution < 1.29 is 17.9 Å². The molecule has 0 aromatic heterocycles. The molecule has 1 aliphatic heterocycles. The second-order valence-electron chi connectivity index (χ2n) is 7.10. The van der Waals surface area contributed by atoms with Crippen LogP contribution in [0.2, 0.25) is 0 Å². The summed E-state index contributed by atoms with van der Waals surface area (Å²) in [6.45, 7) is 1.25. The summed E-state index contributed by atoms with van der Waals surface area (Å²) in [5.41, 5.74) is 8.04. The van der Waals surface area contributed by atoms with E-state index in [1.807, 2.05) is 18.2 Å². The average molecular weight is 388 g/mol. The van der Waals surface area contributed by atoms with E-state index in [4.69, 9.17) is 15.2 Å². The molecule has 2 aromatic rings. The molecule has 1 saturated carbocycles. The summed E-state index contributed by atoms with van der Waals surface area (Å²) in [6, 6.07) is 12.3. The molecule has 2 aromatic carbocycles. The Bertz CT molecular complexity index is 941. The van der Waals surface area contributed by atoms with Crippen LogP contribution in [-0.2, 0) is 14.8 Å². The Morgan fingerprint density at radius 1 is 1.19 bits per heavy atom. The maximum Gasteiger partial charge on any atom is 0.243 e. The van der Waals surface area contributed by atoms with Crippen LogP contribution in [0.25, 0.3) is 11.1 Å². The van der Waals surface area contributed by atoms with E-state index >= 15 is 0 Å². The predicted molar refractivity (Wildman–Crippen MR) is 104 cm³/mol. The molecule has 2 N–H and O–H groups in total. The van der Waals surface area contributed by atoms with Crippen LogP contribution in [0, 0.1) is 5.92 Å². The van der Waals surface area contributed by atoms with Crippen LogP contribution in [0.3, 0.4) is 0 Å². The first-order valence-electron chi connectivity index (χ1n) is 9.15. The Morgan fingerprint density at radius 3 is 2.70 bits per heavy atom. The molecule has 1 unspecified atom stereocenters. The Balaban J connectivity index is 1.69. The molecular formula is C20H24N2O4S. The molecule has 1 saturated heterocycles. The largest absolute Gasteiger partial charge is 0.496 e. The Morgan fingerprint density at radius 2 is 2.00 bits per heavy atom. The number of hydrogen-bond donors (Lipinski definition) is 1. The predicted octanol–water partition coefficient (Wildman–Crippen LogP) is 2.74. The van der Waals surface area contributed by atoms with Gasteiger partial charge in [0.15, 0.2) is 0 Å². The number of morpholine rings is 1. The molecule has 1 atom stereocenters. The van der Waals surface area contributed by atoms with Gasteiger partial charge in [0.1, 0.15) is 5.75 Å². The number of nitrogens with zero attached hydrogens (tertiary/aromatic N) is 1. The highest BCUT2D eigenvalue weighted by atomic mass is 32.2. The fourth-order valence-electron chi connectivity index (χ4n) is 3.55. The monoisotopic (exact) mass is 388 g/mol. The van der Waals surface area contributed by atoms with Crippen molar-refractivity contribution in [1.82, 2.24) is 4.31 Å². The zero-order chi connectivity index (χ0) is 19.0. The number of benzene rings is 2. The molecule has 0 amide bonds. The molecule has 1 heterocycles. The van der Waals surface area contributed by atoms with E-state index < -0.39 is 10.0 Å². The second kappa shape index (κ2) is 7.14. The van der Waals surface area contributed by atoms with E-state index in [2.05, 4.69) is 0 Å². The standard InChI is InChI=1S/C20H24N2O4S/c1-25-19-8-7-17(12-18(19)15-3-2-4-16(21)11-15)27(23,24)22-9-10-26-20(13-22)14-5-6-14/h2-4,7-8,11-12,14,20H,5-6,9-10,13,21H2,1H3. The minimum Gasteiger partial charge on any atom is -0.496 e. The first-order valence-corrected chi connectivity index (χ1v) is 10.6. The highest BCUT2D eigenvalue weighted by molar-refractivity contribution is 7.89. The smallest absolute Gasteiger partial charge is 0.243 e. The summed E-state index contributed by atoms with van der Waals surface area (Å²) in [5.74, 6) is 1.11. The number of nitrogen functional groups attached to an aromatic ring is 1. The van der Waals surface area contributed by atoms with Crippen molar-refractivity contribution in [3.63, 3.8) is 0 Å². The van der Waals surface area contributed by atoms with Gasteiger partial charge in [-0.3, -0.25) is 0 Å². The first-order chi connectivity index (χ1) is 13.0. The van der Waals surface area contributed by atoms with E-state index in [0.29, 0.717) is 42.6 Å². The van der Waals surface area contributed by atoms with E-state index in [1.165, 1.54) is 0 Å². The van der Waals surface area contributed by atoms with Crippen LogP contribution in [-0.4, -0.2) is 45.6 Å². The molecule has 4 rings (SSSR count). The number of rotatable bonds is 5. The quantitative estimate of drug-likeness (QED) is 0.797. The molecule has 0 spiro atoms. The fourth-order valence-corrected chi connectivity index (χ4v) is 5.01. The summed E-state index contributed by atoms with van der Waals surface area (Å²) in [4.78, 5) is 0.261. The maximum atomic E-state index is 13.2. The molecule has 0 radical (unpaired) electrons. The summed E-state index contributed by atoms with van der Waals surface area (Å²) >= 11 is 0. The third kappa shape index (κ3) is 3.67. The van der Waals surface area contributed by atoms with Gasteiger partial charge >= 0.3 is 0 Å². The third-order valence-electron chi connectivity index (χ3n) is 5.21. The number of sulfonamides is 1. The molecular weight excluding hydrogens is 364 g/mol. The van der Waals surface area contributed by atoms with Gasteiger partial charge in [0.2, 0.25) is 10.0 Å². The van der Waals surface area contributed by atoms with Crippen molar-refractivity contribution in [1.29, 1.82) is 0 Å². The average Bonchev–Trinajstić information content (AvgIpc) is 3.53. The van der Waals surface area contributed by atoms with Crippen molar-refractivity contribution in [2.75, 3.05) is 32.5 Å². The van der Waals surface area contributed by atoms with Gasteiger partial charge in [-0.05, 0) is 54.7 Å². The van der Waals surface area contributed by atoms with E-state index in [-0.39, 0.29) is 11.0 Å². The van der Waals surface area contributed by atoms with Crippen LogP contribution in [0.5, 0.6) is 5.75 Å². The van der Waals surface area contributed by atoms with Gasteiger partial charge in [0.05, 0.1) is 24.7 Å². The molecule has 1 aliphatic carbocycles. The number of hydrogen-bond acceptors (Lipinski definition) is 5. The summed E-state index contributed by atoms with van der Waals surface area (Å²) < 4.78 is 39.2. The van der Waals surface area contributed by atoms with Crippen LogP contribution in [0.15, 0.2) is 47.4 Å². The Hall–Kier alpha value is -2.09. The molecule has 0 bridgehead atoms. The maximum absolute atomic E-state index is 13.2. The minimum absolute atomic E-state index is 0.0140. The van der Waals surface area contributed by atoms with Gasteiger partial charge in [-0.1, -0.05) is 12.1 Å². The summed E-state index contributed by atoms with van der Waals surface area (Å²) in [5, 5.41) is 0. The lowest BCUT2D eigenvalue weighted by Gasteiger charge is -2.32. The lowest BCUT2D eigenvalue weighted by molar-refractivity contribution is -0.0134. The van der Waals surface area contributed by atoms with Crippen molar-refractivity contribution in [2.45, 2.75) is 23.8 Å². The van der Waals surface area contributed by atoms with Crippen molar-refractivity contribution in [2.24, 2.45) is 5.92 Å². The molecule has 2 fully saturated rings. The number of methoxy groups -OCH3 is 1. The molecule has 6 nitrogen and oxygen atoms in total. The van der Waals surface area contributed by atoms with Crippen LogP contribution < -0.4 is 10.5 Å². The molecule has 144 valence electrons. The molecule has 27 heavy (non-hydrogen) atoms. The van der Waals surface area contributed by atoms with Crippen molar-refractivity contribution in [3.05, 3.63) is 42.5 Å². The van der Waals surface area contributed by atoms with E-state index in [1.54, 1.807) is 35.7 Å². The summed E-state index contributed by atoms with van der Waals surface area (Å²) in [6.07, 6.45) is 2.27. The van der Waals surface area contributed by atoms with Crippen LogP contribution in [0.1, 0.15) is 12.8 Å². The molecule has 7 heteroatoms. The topological polar surface area (TPSA) is 81.9 Å². The van der Waals surface area contributed by atoms with Gasteiger partial charge in [-0.25, -0.2) is 8.42 Å². The second-order valence-corrected chi connectivity index (χ2v) is 9.04. The van der Waals surface area contributed by atoms with Crippen LogP contribution >= 0.6 is 0 Å². The lowest BCUT2D eigenvalue weighted by atomic mass is 10.0. The Kier molecular flexibility index (Phi) is 4.84. The fraction of sp³-hybridized carbons (Fsp3) is 0.400. The van der Waals surface area contributed by atoms with Gasteiger partial charge in [0.25, 0.3) is 0 Å². The zero-order valence-electron chi connectivity index (χ0n) is 15.3. The number of anilines is 1. The normalized spacial score (nSPS) is 21.1.